The molecule has 2 heterocycles. The number of carbonyl (C=O) groups is 1. The van der Waals surface area contributed by atoms with Gasteiger partial charge in [0.25, 0.3) is 0 Å². The summed E-state index contributed by atoms with van der Waals surface area (Å²) in [5.41, 5.74) is 3.44. The van der Waals surface area contributed by atoms with Crippen LogP contribution in [-0.4, -0.2) is 28.2 Å². The maximum Gasteiger partial charge on any atom is 0.231 e. The molecular formula is C21H18N4O2S. The van der Waals surface area contributed by atoms with E-state index in [0.717, 1.165) is 33.3 Å². The van der Waals surface area contributed by atoms with Crippen molar-refractivity contribution in [3.8, 4) is 27.6 Å². The zero-order chi connectivity index (χ0) is 19.3. The van der Waals surface area contributed by atoms with E-state index in [1.165, 1.54) is 11.3 Å². The first kappa shape index (κ1) is 17.9. The molecule has 1 amide bonds. The minimum absolute atomic E-state index is 0.164. The fourth-order valence-electron chi connectivity index (χ4n) is 2.84. The lowest BCUT2D eigenvalue weighted by Crippen LogP contribution is -2.14. The van der Waals surface area contributed by atoms with Gasteiger partial charge in [-0.3, -0.25) is 9.89 Å². The fraction of sp³-hybridized carbons (Fsp3) is 0.0952. The molecule has 2 N–H and O–H groups in total. The first-order chi connectivity index (χ1) is 13.7. The zero-order valence-electron chi connectivity index (χ0n) is 15.2. The zero-order valence-corrected chi connectivity index (χ0v) is 16.0. The van der Waals surface area contributed by atoms with E-state index < -0.39 is 0 Å². The SMILES string of the molecule is COc1ccccc1-c1cc(NC(=O)Cc2csc(-c3ccccc3)n2)n[nH]1. The highest BCUT2D eigenvalue weighted by Crippen LogP contribution is 2.29. The van der Waals surface area contributed by atoms with Gasteiger partial charge in [-0.25, -0.2) is 4.98 Å². The van der Waals surface area contributed by atoms with Crippen molar-refractivity contribution in [2.75, 3.05) is 12.4 Å². The number of anilines is 1. The van der Waals surface area contributed by atoms with Crippen molar-refractivity contribution in [1.29, 1.82) is 0 Å². The Labute approximate surface area is 166 Å². The average molecular weight is 390 g/mol. The quantitative estimate of drug-likeness (QED) is 0.512. The number of amides is 1. The number of nitrogens with one attached hydrogen (secondary N) is 2. The first-order valence-corrected chi connectivity index (χ1v) is 9.59. The number of thiazole rings is 1. The fourth-order valence-corrected chi connectivity index (χ4v) is 3.67. The average Bonchev–Trinajstić information content (AvgIpc) is 3.38. The summed E-state index contributed by atoms with van der Waals surface area (Å²) >= 11 is 1.53. The molecule has 0 saturated heterocycles. The number of hydrogen-bond acceptors (Lipinski definition) is 5. The summed E-state index contributed by atoms with van der Waals surface area (Å²) in [4.78, 5) is 16.9. The van der Waals surface area contributed by atoms with Gasteiger partial charge < -0.3 is 10.1 Å². The second-order valence-electron chi connectivity index (χ2n) is 6.10. The molecule has 4 aromatic rings. The van der Waals surface area contributed by atoms with E-state index in [1.54, 1.807) is 13.2 Å². The summed E-state index contributed by atoms with van der Waals surface area (Å²) in [6, 6.07) is 19.3. The molecule has 2 aromatic heterocycles. The van der Waals surface area contributed by atoms with Crippen LogP contribution in [0.5, 0.6) is 5.75 Å². The number of benzene rings is 2. The number of ether oxygens (including phenoxy) is 1. The van der Waals surface area contributed by atoms with Gasteiger partial charge in [0, 0.05) is 22.6 Å². The van der Waals surface area contributed by atoms with E-state index in [4.69, 9.17) is 4.74 Å². The molecule has 7 heteroatoms. The number of aromatic amines is 1. The van der Waals surface area contributed by atoms with Crippen molar-refractivity contribution < 1.29 is 9.53 Å². The van der Waals surface area contributed by atoms with Crippen molar-refractivity contribution in [2.24, 2.45) is 0 Å². The predicted octanol–water partition coefficient (Wildman–Crippen LogP) is 4.39. The van der Waals surface area contributed by atoms with Crippen LogP contribution in [-0.2, 0) is 11.2 Å². The van der Waals surface area contributed by atoms with Gasteiger partial charge in [0.05, 0.1) is 24.9 Å². The lowest BCUT2D eigenvalue weighted by molar-refractivity contribution is -0.115. The molecule has 0 radical (unpaired) electrons. The van der Waals surface area contributed by atoms with Gasteiger partial charge in [0.2, 0.25) is 5.91 Å². The van der Waals surface area contributed by atoms with Crippen molar-refractivity contribution in [1.82, 2.24) is 15.2 Å². The van der Waals surface area contributed by atoms with Crippen LogP contribution < -0.4 is 10.1 Å². The molecule has 0 aliphatic rings. The van der Waals surface area contributed by atoms with Gasteiger partial charge in [-0.05, 0) is 12.1 Å². The Morgan fingerprint density at radius 3 is 2.75 bits per heavy atom. The number of para-hydroxylation sites is 1. The largest absolute Gasteiger partial charge is 0.496 e. The standard InChI is InChI=1S/C21H18N4O2S/c1-27-18-10-6-5-9-16(18)17-12-19(25-24-17)23-20(26)11-15-13-28-21(22-15)14-7-3-2-4-8-14/h2-10,12-13H,11H2,1H3,(H2,23,24,25,26). The van der Waals surface area contributed by atoms with Crippen LogP contribution >= 0.6 is 11.3 Å². The van der Waals surface area contributed by atoms with Gasteiger partial charge in [-0.2, -0.15) is 5.10 Å². The monoisotopic (exact) mass is 390 g/mol. The molecule has 0 fully saturated rings. The van der Waals surface area contributed by atoms with Crippen LogP contribution in [0.15, 0.2) is 66.0 Å². The third-order valence-electron chi connectivity index (χ3n) is 4.16. The summed E-state index contributed by atoms with van der Waals surface area (Å²) in [6.45, 7) is 0. The minimum Gasteiger partial charge on any atom is -0.496 e. The lowest BCUT2D eigenvalue weighted by Gasteiger charge is -2.05. The van der Waals surface area contributed by atoms with Gasteiger partial charge in [-0.15, -0.1) is 11.3 Å². The number of rotatable bonds is 6. The molecule has 6 nitrogen and oxygen atoms in total. The highest BCUT2D eigenvalue weighted by atomic mass is 32.1. The van der Waals surface area contributed by atoms with Gasteiger partial charge in [0.15, 0.2) is 5.82 Å². The Bertz CT molecular complexity index is 1090. The third kappa shape index (κ3) is 3.94. The predicted molar refractivity (Wildman–Crippen MR) is 110 cm³/mol. The molecule has 0 atom stereocenters. The van der Waals surface area contributed by atoms with Crippen molar-refractivity contribution >= 4 is 23.1 Å². The van der Waals surface area contributed by atoms with Gasteiger partial charge in [0.1, 0.15) is 10.8 Å². The van der Waals surface area contributed by atoms with Crippen LogP contribution in [0.4, 0.5) is 5.82 Å². The van der Waals surface area contributed by atoms with Gasteiger partial charge >= 0.3 is 0 Å². The molecule has 0 saturated carbocycles. The van der Waals surface area contributed by atoms with E-state index in [0.29, 0.717) is 5.82 Å². The van der Waals surface area contributed by atoms with E-state index in [9.17, 15) is 4.79 Å². The van der Waals surface area contributed by atoms with Crippen LogP contribution in [0.1, 0.15) is 5.69 Å². The van der Waals surface area contributed by atoms with E-state index in [-0.39, 0.29) is 12.3 Å². The highest BCUT2D eigenvalue weighted by molar-refractivity contribution is 7.13. The number of methoxy groups -OCH3 is 1. The molecule has 0 bridgehead atoms. The Morgan fingerprint density at radius 2 is 1.93 bits per heavy atom. The molecule has 2 aromatic carbocycles. The summed E-state index contributed by atoms with van der Waals surface area (Å²) in [5, 5.41) is 12.7. The summed E-state index contributed by atoms with van der Waals surface area (Å²) in [7, 11) is 1.62. The molecule has 0 spiro atoms. The smallest absolute Gasteiger partial charge is 0.231 e. The Balaban J connectivity index is 1.42. The normalized spacial score (nSPS) is 10.6. The first-order valence-electron chi connectivity index (χ1n) is 8.71. The highest BCUT2D eigenvalue weighted by Gasteiger charge is 2.13. The maximum absolute atomic E-state index is 12.4. The summed E-state index contributed by atoms with van der Waals surface area (Å²) in [6.07, 6.45) is 0.195. The summed E-state index contributed by atoms with van der Waals surface area (Å²) in [5.74, 6) is 1.03. The molecule has 0 aliphatic heterocycles. The van der Waals surface area contributed by atoms with Crippen molar-refractivity contribution in [2.45, 2.75) is 6.42 Å². The van der Waals surface area contributed by atoms with Crippen LogP contribution in [0, 0.1) is 0 Å². The second-order valence-corrected chi connectivity index (χ2v) is 6.96. The van der Waals surface area contributed by atoms with Crippen molar-refractivity contribution in [3.63, 3.8) is 0 Å². The number of hydrogen-bond donors (Lipinski definition) is 2. The topological polar surface area (TPSA) is 79.9 Å². The van der Waals surface area contributed by atoms with Gasteiger partial charge in [-0.1, -0.05) is 42.5 Å². The molecule has 28 heavy (non-hydrogen) atoms. The molecular weight excluding hydrogens is 372 g/mol. The molecule has 140 valence electrons. The number of H-pyrrole nitrogens is 1. The van der Waals surface area contributed by atoms with E-state index in [1.807, 2.05) is 60.0 Å². The Morgan fingerprint density at radius 1 is 1.14 bits per heavy atom. The molecule has 0 unspecified atom stereocenters. The van der Waals surface area contributed by atoms with Crippen molar-refractivity contribution in [3.05, 3.63) is 71.7 Å². The lowest BCUT2D eigenvalue weighted by atomic mass is 10.1. The number of nitrogens with zero attached hydrogens (tertiary/aromatic N) is 2. The Kier molecular flexibility index (Phi) is 5.16. The molecule has 4 rings (SSSR count). The number of carbonyl (C=O) groups excluding carboxylic acids is 1. The third-order valence-corrected chi connectivity index (χ3v) is 5.10. The molecule has 0 aliphatic carbocycles. The van der Waals surface area contributed by atoms with Crippen LogP contribution in [0.3, 0.4) is 0 Å². The minimum atomic E-state index is -0.164. The summed E-state index contributed by atoms with van der Waals surface area (Å²) < 4.78 is 5.37. The van der Waals surface area contributed by atoms with E-state index >= 15 is 0 Å². The number of aromatic nitrogens is 3. The van der Waals surface area contributed by atoms with Crippen LogP contribution in [0.2, 0.25) is 0 Å². The maximum atomic E-state index is 12.4. The Hall–Kier alpha value is -3.45. The van der Waals surface area contributed by atoms with E-state index in [2.05, 4.69) is 20.5 Å². The second kappa shape index (κ2) is 8.06. The van der Waals surface area contributed by atoms with Crippen LogP contribution in [0.25, 0.3) is 21.8 Å².